The fraction of sp³-hybridized carbons (Fsp3) is 0.0625. The number of hydrogen-bond donors (Lipinski definition) is 0. The SMILES string of the molecule is O=C([O-])C1=NN(c2ccc(S(=O)(=O)[O-])cc2)C(=O)C1N=Nc1ccc(S(=O)(=O)[O-])cc1.[Na+].[Na+].[Na+].[O-2].[O-2].[Ti+4]. The van der Waals surface area contributed by atoms with Crippen LogP contribution >= 0.6 is 0 Å². The maximum absolute atomic E-state index is 12.6. The molecule has 0 N–H and O–H groups in total. The maximum Gasteiger partial charge on any atom is 4.00 e. The van der Waals surface area contributed by atoms with Crippen LogP contribution in [0.15, 0.2) is 73.7 Å². The first-order valence-corrected chi connectivity index (χ1v) is 10.9. The first-order chi connectivity index (χ1) is 14.4. The van der Waals surface area contributed by atoms with Gasteiger partial charge in [0.05, 0.1) is 27.1 Å². The van der Waals surface area contributed by atoms with Gasteiger partial charge in [-0.1, -0.05) is 0 Å². The van der Waals surface area contributed by atoms with E-state index in [0.29, 0.717) is 5.01 Å². The number of rotatable bonds is 6. The number of benzene rings is 2. The third-order valence-electron chi connectivity index (χ3n) is 3.90. The molecule has 0 fully saturated rings. The number of amides is 1. The van der Waals surface area contributed by atoms with E-state index < -0.39 is 53.7 Å². The van der Waals surface area contributed by atoms with Crippen molar-refractivity contribution in [1.29, 1.82) is 0 Å². The van der Waals surface area contributed by atoms with Gasteiger partial charge in [-0.05, 0) is 48.5 Å². The molecule has 178 valence electrons. The Morgan fingerprint density at radius 3 is 1.62 bits per heavy atom. The van der Waals surface area contributed by atoms with Gasteiger partial charge in [0.2, 0.25) is 0 Å². The predicted octanol–water partition coefficient (Wildman–Crippen LogP) is -10.1. The van der Waals surface area contributed by atoms with Crippen LogP contribution in [0.2, 0.25) is 0 Å². The van der Waals surface area contributed by atoms with E-state index in [1.54, 1.807) is 0 Å². The van der Waals surface area contributed by atoms with E-state index in [4.69, 9.17) is 0 Å². The molecule has 37 heavy (non-hydrogen) atoms. The number of anilines is 1. The van der Waals surface area contributed by atoms with Gasteiger partial charge in [0.1, 0.15) is 25.9 Å². The summed E-state index contributed by atoms with van der Waals surface area (Å²) >= 11 is 0. The Hall–Kier alpha value is 0.104. The molecular formula is C16H9N4Na3O11S2Ti. The minimum atomic E-state index is -4.73. The van der Waals surface area contributed by atoms with E-state index in [2.05, 4.69) is 15.3 Å². The molecular weight excluding hydrogens is 605 g/mol. The number of carboxylic acid groups (broad SMARTS) is 1. The minimum absolute atomic E-state index is 0. The molecule has 0 saturated heterocycles. The molecule has 1 amide bonds. The molecule has 1 heterocycles. The summed E-state index contributed by atoms with van der Waals surface area (Å²) in [6, 6.07) is 6.40. The molecule has 1 aliphatic rings. The van der Waals surface area contributed by atoms with E-state index in [1.165, 1.54) is 0 Å². The van der Waals surface area contributed by atoms with E-state index in [-0.39, 0.29) is 133 Å². The monoisotopic (exact) mass is 614 g/mol. The van der Waals surface area contributed by atoms with Crippen molar-refractivity contribution >= 4 is 49.2 Å². The number of aliphatic carboxylic acids is 1. The second-order valence-electron chi connectivity index (χ2n) is 5.94. The van der Waals surface area contributed by atoms with Gasteiger partial charge < -0.3 is 30.0 Å². The van der Waals surface area contributed by atoms with Crippen molar-refractivity contribution in [3.8, 4) is 0 Å². The van der Waals surface area contributed by atoms with Crippen molar-refractivity contribution in [2.24, 2.45) is 15.3 Å². The summed E-state index contributed by atoms with van der Waals surface area (Å²) in [5.41, 5.74) is -0.812. The topological polar surface area (TPSA) is 269 Å². The van der Waals surface area contributed by atoms with E-state index in [0.717, 1.165) is 48.5 Å². The second-order valence-corrected chi connectivity index (χ2v) is 8.70. The van der Waals surface area contributed by atoms with Crippen molar-refractivity contribution in [2.45, 2.75) is 15.8 Å². The van der Waals surface area contributed by atoms with Gasteiger partial charge in [-0.3, -0.25) is 4.79 Å². The van der Waals surface area contributed by atoms with Crippen molar-refractivity contribution in [2.75, 3.05) is 5.01 Å². The Balaban J connectivity index is -0.000000907. The van der Waals surface area contributed by atoms with Gasteiger partial charge in [-0.2, -0.15) is 20.3 Å². The molecule has 0 bridgehead atoms. The number of hydrogen-bond acceptors (Lipinski definition) is 12. The summed E-state index contributed by atoms with van der Waals surface area (Å²) in [4.78, 5) is 22.8. The van der Waals surface area contributed by atoms with Crippen molar-refractivity contribution < 1.29 is 162 Å². The van der Waals surface area contributed by atoms with Crippen LogP contribution in [0.1, 0.15) is 0 Å². The zero-order valence-electron chi connectivity index (χ0n) is 19.3. The quantitative estimate of drug-likeness (QED) is 0.170. The van der Waals surface area contributed by atoms with E-state index in [1.807, 2.05) is 0 Å². The third-order valence-corrected chi connectivity index (χ3v) is 5.60. The van der Waals surface area contributed by atoms with Crippen LogP contribution in [0.3, 0.4) is 0 Å². The van der Waals surface area contributed by atoms with Crippen LogP contribution < -0.4 is 98.8 Å². The predicted molar refractivity (Wildman–Crippen MR) is 98.4 cm³/mol. The third kappa shape index (κ3) is 11.2. The number of nitrogens with zero attached hydrogens (tertiary/aromatic N) is 4. The number of carbonyl (C=O) groups is 2. The smallest absolute Gasteiger partial charge is 2.00 e. The molecule has 2 aromatic carbocycles. The minimum Gasteiger partial charge on any atom is -2.00 e. The molecule has 2 aromatic rings. The van der Waals surface area contributed by atoms with Gasteiger partial charge >= 0.3 is 110 Å². The number of azo groups is 1. The van der Waals surface area contributed by atoms with Gasteiger partial charge in [0.25, 0.3) is 5.91 Å². The van der Waals surface area contributed by atoms with Crippen molar-refractivity contribution in [1.82, 2.24) is 0 Å². The molecule has 0 radical (unpaired) electrons. The summed E-state index contributed by atoms with van der Waals surface area (Å²) < 4.78 is 65.7. The Bertz CT molecular complexity index is 1340. The van der Waals surface area contributed by atoms with Gasteiger partial charge in [-0.15, -0.1) is 0 Å². The fourth-order valence-corrected chi connectivity index (χ4v) is 3.38. The zero-order valence-corrected chi connectivity index (χ0v) is 28.5. The largest absolute Gasteiger partial charge is 4.00 e. The summed E-state index contributed by atoms with van der Waals surface area (Å²) in [6.45, 7) is 0. The number of carboxylic acids is 1. The Kier molecular flexibility index (Phi) is 21.1. The molecule has 3 rings (SSSR count). The van der Waals surface area contributed by atoms with E-state index >= 15 is 0 Å². The van der Waals surface area contributed by atoms with Crippen LogP contribution in [-0.2, 0) is 62.5 Å². The summed E-state index contributed by atoms with van der Waals surface area (Å²) in [6.07, 6.45) is 0. The summed E-state index contributed by atoms with van der Waals surface area (Å²) in [7, 11) is -9.40. The number of hydrazone groups is 1. The molecule has 0 spiro atoms. The molecule has 1 aliphatic heterocycles. The standard InChI is InChI=1S/C16H12N4O9S2.3Na.2O.Ti/c21-15-13(18-17-9-1-5-11(6-2-9)30(24,25)26)14(16(22)23)19-20(15)10-3-7-12(8-4-10)31(27,28)29;;;;;;/h1-8,13H,(H,22,23)(H,24,25,26)(H,27,28,29);;;;;;/q;3*+1;2*-2;+4/p-3. The van der Waals surface area contributed by atoms with Gasteiger partial charge in [-0.25, -0.2) is 16.8 Å². The molecule has 21 heteroatoms. The molecule has 0 aliphatic carbocycles. The molecule has 15 nitrogen and oxygen atoms in total. The molecule has 1 atom stereocenters. The Morgan fingerprint density at radius 2 is 1.24 bits per heavy atom. The maximum atomic E-state index is 12.6. The van der Waals surface area contributed by atoms with Gasteiger partial charge in [0.15, 0.2) is 6.04 Å². The van der Waals surface area contributed by atoms with Crippen LogP contribution in [0.4, 0.5) is 11.4 Å². The van der Waals surface area contributed by atoms with Crippen LogP contribution in [0.25, 0.3) is 0 Å². The number of carbonyl (C=O) groups excluding carboxylic acids is 2. The van der Waals surface area contributed by atoms with Crippen LogP contribution in [-0.4, -0.2) is 49.6 Å². The van der Waals surface area contributed by atoms with E-state index in [9.17, 15) is 40.6 Å². The average molecular weight is 614 g/mol. The first kappa shape index (κ1) is 44.1. The molecule has 0 aromatic heterocycles. The summed E-state index contributed by atoms with van der Waals surface area (Å²) in [5, 5.41) is 22.8. The Morgan fingerprint density at radius 1 is 0.838 bits per heavy atom. The molecule has 0 saturated carbocycles. The fourth-order valence-electron chi connectivity index (χ4n) is 2.44. The van der Waals surface area contributed by atoms with Crippen molar-refractivity contribution in [3.63, 3.8) is 0 Å². The zero-order chi connectivity index (χ0) is 23.0. The molecule has 1 unspecified atom stereocenters. The average Bonchev–Trinajstić information content (AvgIpc) is 3.02. The normalized spacial score (nSPS) is 14.4. The van der Waals surface area contributed by atoms with Crippen LogP contribution in [0.5, 0.6) is 0 Å². The van der Waals surface area contributed by atoms with Crippen LogP contribution in [0, 0.1) is 0 Å². The van der Waals surface area contributed by atoms with Gasteiger partial charge in [0, 0.05) is 0 Å². The summed E-state index contributed by atoms with van der Waals surface area (Å²) in [5.74, 6) is -2.77. The van der Waals surface area contributed by atoms with Crippen molar-refractivity contribution in [3.05, 3.63) is 48.5 Å². The first-order valence-electron chi connectivity index (χ1n) is 8.04. The second kappa shape index (κ2) is 17.7. The Labute approximate surface area is 292 Å².